The minimum atomic E-state index is -0.295. The van der Waals surface area contributed by atoms with E-state index in [-0.39, 0.29) is 23.1 Å². The number of rotatable bonds is 12. The highest BCUT2D eigenvalue weighted by Gasteiger charge is 2.27. The van der Waals surface area contributed by atoms with E-state index < -0.39 is 0 Å². The standard InChI is InChI=1S/C27H40O3/c1-8-10-15-24(26(29)30-7)22-18-16-21(17-19-22)13-11-14-23(12-9-2)25(28)20(3)27(4,5)6/h15-19,23H,3,8-14H2,1-2,4-7H3/b24-15-. The maximum Gasteiger partial charge on any atom is 0.338 e. The van der Waals surface area contributed by atoms with Crippen molar-refractivity contribution < 1.29 is 14.3 Å². The first-order chi connectivity index (χ1) is 14.1. The number of ether oxygens (including phenoxy) is 1. The molecule has 0 aliphatic rings. The molecule has 30 heavy (non-hydrogen) atoms. The summed E-state index contributed by atoms with van der Waals surface area (Å²) in [6.45, 7) is 14.4. The molecule has 1 rings (SSSR count). The third kappa shape index (κ3) is 7.93. The van der Waals surface area contributed by atoms with Gasteiger partial charge >= 0.3 is 5.97 Å². The van der Waals surface area contributed by atoms with Gasteiger partial charge in [-0.15, -0.1) is 0 Å². The fourth-order valence-corrected chi connectivity index (χ4v) is 3.49. The lowest BCUT2D eigenvalue weighted by molar-refractivity contribution is -0.133. The first kappa shape index (κ1) is 25.9. The monoisotopic (exact) mass is 412 g/mol. The molecule has 0 aliphatic carbocycles. The number of hydrogen-bond donors (Lipinski definition) is 0. The lowest BCUT2D eigenvalue weighted by Gasteiger charge is -2.25. The Labute approximate surface area is 183 Å². The van der Waals surface area contributed by atoms with Gasteiger partial charge in [0.05, 0.1) is 12.7 Å². The van der Waals surface area contributed by atoms with Crippen molar-refractivity contribution >= 4 is 17.3 Å². The summed E-state index contributed by atoms with van der Waals surface area (Å²) in [6, 6.07) is 8.12. The van der Waals surface area contributed by atoms with Gasteiger partial charge < -0.3 is 4.74 Å². The van der Waals surface area contributed by atoms with Crippen molar-refractivity contribution in [1.82, 2.24) is 0 Å². The highest BCUT2D eigenvalue weighted by Crippen LogP contribution is 2.30. The molecule has 1 aromatic carbocycles. The number of unbranched alkanes of at least 4 members (excludes halogenated alkanes) is 1. The van der Waals surface area contributed by atoms with E-state index in [0.717, 1.165) is 56.1 Å². The summed E-state index contributed by atoms with van der Waals surface area (Å²) >= 11 is 0. The largest absolute Gasteiger partial charge is 0.465 e. The van der Waals surface area contributed by atoms with Gasteiger partial charge in [0.15, 0.2) is 5.78 Å². The molecule has 1 unspecified atom stereocenters. The van der Waals surface area contributed by atoms with Crippen molar-refractivity contribution in [2.24, 2.45) is 11.3 Å². The molecule has 0 N–H and O–H groups in total. The van der Waals surface area contributed by atoms with Crippen LogP contribution in [0.25, 0.3) is 5.57 Å². The first-order valence-electron chi connectivity index (χ1n) is 11.3. The van der Waals surface area contributed by atoms with Crippen LogP contribution in [0.4, 0.5) is 0 Å². The van der Waals surface area contributed by atoms with E-state index in [1.807, 2.05) is 18.2 Å². The highest BCUT2D eigenvalue weighted by atomic mass is 16.5. The number of Topliss-reactive ketones (excluding diaryl/α,β-unsaturated/α-hetero) is 1. The van der Waals surface area contributed by atoms with Crippen LogP contribution in [0.15, 0.2) is 42.5 Å². The molecule has 0 fully saturated rings. The number of methoxy groups -OCH3 is 1. The molecule has 0 radical (unpaired) electrons. The van der Waals surface area contributed by atoms with Gasteiger partial charge in [-0.2, -0.15) is 0 Å². The Hall–Kier alpha value is -2.16. The van der Waals surface area contributed by atoms with Crippen LogP contribution in [0.5, 0.6) is 0 Å². The Bertz CT molecular complexity index is 732. The molecule has 0 saturated heterocycles. The molecule has 0 bridgehead atoms. The van der Waals surface area contributed by atoms with Crippen LogP contribution >= 0.6 is 0 Å². The molecule has 1 aromatic rings. The zero-order valence-electron chi connectivity index (χ0n) is 19.8. The zero-order chi connectivity index (χ0) is 22.7. The SMILES string of the molecule is C=C(C(=O)C(CCC)CCCc1ccc(/C(=C/CCC)C(=O)OC)cc1)C(C)(C)C. The van der Waals surface area contributed by atoms with Crippen LogP contribution in [0.1, 0.15) is 84.3 Å². The summed E-state index contributed by atoms with van der Waals surface area (Å²) in [6.07, 6.45) is 8.46. The minimum Gasteiger partial charge on any atom is -0.465 e. The second kappa shape index (κ2) is 12.5. The Morgan fingerprint density at radius 1 is 1.07 bits per heavy atom. The number of ketones is 1. The van der Waals surface area contributed by atoms with Crippen LogP contribution < -0.4 is 0 Å². The number of benzene rings is 1. The maximum absolute atomic E-state index is 12.9. The number of carbonyl (C=O) groups excluding carboxylic acids is 2. The van der Waals surface area contributed by atoms with E-state index in [1.165, 1.54) is 12.7 Å². The Kier molecular flexibility index (Phi) is 10.8. The van der Waals surface area contributed by atoms with Gasteiger partial charge in [0, 0.05) is 5.92 Å². The van der Waals surface area contributed by atoms with E-state index in [2.05, 4.69) is 53.3 Å². The van der Waals surface area contributed by atoms with Crippen LogP contribution in [-0.2, 0) is 20.7 Å². The number of hydrogen-bond acceptors (Lipinski definition) is 3. The summed E-state index contributed by atoms with van der Waals surface area (Å²) in [5, 5.41) is 0. The minimum absolute atomic E-state index is 0.0592. The van der Waals surface area contributed by atoms with Gasteiger partial charge in [0.25, 0.3) is 0 Å². The molecule has 0 aromatic heterocycles. The van der Waals surface area contributed by atoms with Gasteiger partial charge in [0.1, 0.15) is 0 Å². The average molecular weight is 413 g/mol. The molecule has 3 nitrogen and oxygen atoms in total. The van der Waals surface area contributed by atoms with Gasteiger partial charge in [-0.1, -0.05) is 84.4 Å². The number of aryl methyl sites for hydroxylation is 1. The zero-order valence-corrected chi connectivity index (χ0v) is 19.8. The molecule has 0 spiro atoms. The quantitative estimate of drug-likeness (QED) is 0.275. The lowest BCUT2D eigenvalue weighted by atomic mass is 9.78. The fourth-order valence-electron chi connectivity index (χ4n) is 3.49. The molecule has 3 heteroatoms. The first-order valence-corrected chi connectivity index (χ1v) is 11.3. The smallest absolute Gasteiger partial charge is 0.338 e. The molecule has 0 heterocycles. The summed E-state index contributed by atoms with van der Waals surface area (Å²) < 4.78 is 4.93. The van der Waals surface area contributed by atoms with Crippen molar-refractivity contribution in [2.45, 2.75) is 79.6 Å². The molecule has 0 aliphatic heterocycles. The summed E-state index contributed by atoms with van der Waals surface area (Å²) in [4.78, 5) is 24.9. The van der Waals surface area contributed by atoms with Crippen molar-refractivity contribution in [3.05, 3.63) is 53.6 Å². The van der Waals surface area contributed by atoms with E-state index >= 15 is 0 Å². The normalized spacial score (nSPS) is 13.1. The Morgan fingerprint density at radius 3 is 2.20 bits per heavy atom. The van der Waals surface area contributed by atoms with Gasteiger partial charge in [-0.25, -0.2) is 4.79 Å². The van der Waals surface area contributed by atoms with E-state index in [1.54, 1.807) is 0 Å². The van der Waals surface area contributed by atoms with Crippen LogP contribution in [-0.4, -0.2) is 18.9 Å². The molecule has 0 saturated carbocycles. The van der Waals surface area contributed by atoms with E-state index in [9.17, 15) is 9.59 Å². The van der Waals surface area contributed by atoms with Gasteiger partial charge in [0.2, 0.25) is 0 Å². The number of esters is 1. The predicted molar refractivity (Wildman–Crippen MR) is 126 cm³/mol. The second-order valence-electron chi connectivity index (χ2n) is 9.07. The van der Waals surface area contributed by atoms with E-state index in [4.69, 9.17) is 4.74 Å². The third-order valence-electron chi connectivity index (χ3n) is 5.54. The summed E-state index contributed by atoms with van der Waals surface area (Å²) in [7, 11) is 1.42. The van der Waals surface area contributed by atoms with Crippen molar-refractivity contribution in [3.8, 4) is 0 Å². The van der Waals surface area contributed by atoms with Crippen LogP contribution in [0.2, 0.25) is 0 Å². The van der Waals surface area contributed by atoms with Crippen molar-refractivity contribution in [2.75, 3.05) is 7.11 Å². The topological polar surface area (TPSA) is 43.4 Å². The van der Waals surface area contributed by atoms with E-state index in [0.29, 0.717) is 5.57 Å². The Balaban J connectivity index is 2.76. The second-order valence-corrected chi connectivity index (χ2v) is 9.07. The van der Waals surface area contributed by atoms with Crippen LogP contribution in [0.3, 0.4) is 0 Å². The van der Waals surface area contributed by atoms with Gasteiger partial charge in [-0.05, 0) is 54.2 Å². The number of allylic oxidation sites excluding steroid dienone is 2. The summed E-state index contributed by atoms with van der Waals surface area (Å²) in [5.74, 6) is -0.0106. The number of carbonyl (C=O) groups is 2. The van der Waals surface area contributed by atoms with Crippen molar-refractivity contribution in [3.63, 3.8) is 0 Å². The van der Waals surface area contributed by atoms with Crippen LogP contribution in [0, 0.1) is 11.3 Å². The van der Waals surface area contributed by atoms with Gasteiger partial charge in [-0.3, -0.25) is 4.79 Å². The lowest BCUT2D eigenvalue weighted by Crippen LogP contribution is -2.24. The summed E-state index contributed by atoms with van der Waals surface area (Å²) in [5.41, 5.74) is 3.29. The molecule has 166 valence electrons. The molecular formula is C27H40O3. The average Bonchev–Trinajstić information content (AvgIpc) is 2.72. The maximum atomic E-state index is 12.9. The Morgan fingerprint density at radius 2 is 1.70 bits per heavy atom. The molecule has 0 amide bonds. The fraction of sp³-hybridized carbons (Fsp3) is 0.556. The highest BCUT2D eigenvalue weighted by molar-refractivity contribution is 6.16. The van der Waals surface area contributed by atoms with Crippen molar-refractivity contribution in [1.29, 1.82) is 0 Å². The third-order valence-corrected chi connectivity index (χ3v) is 5.54. The molecular weight excluding hydrogens is 372 g/mol. The molecule has 1 atom stereocenters. The predicted octanol–water partition coefficient (Wildman–Crippen LogP) is 6.95.